The molecule has 0 aliphatic carbocycles. The Morgan fingerprint density at radius 3 is 1.23 bits per heavy atom. The van der Waals surface area contributed by atoms with E-state index in [2.05, 4.69) is 204 Å². The van der Waals surface area contributed by atoms with Crippen LogP contribution in [0.4, 0.5) is 0 Å². The van der Waals surface area contributed by atoms with E-state index < -0.39 is 10.8 Å². The fourth-order valence-electron chi connectivity index (χ4n) is 10.5. The Morgan fingerprint density at radius 2 is 0.775 bits per heavy atom. The van der Waals surface area contributed by atoms with Crippen molar-refractivity contribution in [2.24, 2.45) is 0 Å². The molecule has 12 rings (SSSR count). The Labute approximate surface area is 422 Å². The molecule has 2 unspecified atom stereocenters. The van der Waals surface area contributed by atoms with Crippen LogP contribution in [0.5, 0.6) is 23.0 Å². The summed E-state index contributed by atoms with van der Waals surface area (Å²) in [5.74, 6) is 14.9. The van der Waals surface area contributed by atoms with Crippen LogP contribution in [0.3, 0.4) is 0 Å². The lowest BCUT2D eigenvalue weighted by Gasteiger charge is -2.42. The normalized spacial score (nSPS) is 16.2. The molecule has 7 heteroatoms. The van der Waals surface area contributed by atoms with Gasteiger partial charge < -0.3 is 14.2 Å². The minimum absolute atomic E-state index is 0.357. The summed E-state index contributed by atoms with van der Waals surface area (Å²) in [7, 11) is 0. The topological polar surface area (TPSA) is 53.5 Å². The van der Waals surface area contributed by atoms with Gasteiger partial charge in [-0.3, -0.25) is 9.97 Å². The van der Waals surface area contributed by atoms with Crippen molar-refractivity contribution in [1.82, 2.24) is 9.97 Å². The monoisotopic (exact) mass is 952 g/mol. The molecular weight excluding hydrogens is 909 g/mol. The van der Waals surface area contributed by atoms with Gasteiger partial charge >= 0.3 is 0 Å². The molecule has 0 saturated carbocycles. The van der Waals surface area contributed by atoms with E-state index in [1.807, 2.05) is 50.8 Å². The Balaban J connectivity index is 0.928. The molecule has 10 aromatic rings. The number of ether oxygens (including phenoxy) is 3. The minimum Gasteiger partial charge on any atom is -0.481 e. The first kappa shape index (κ1) is 44.0. The smallest absolute Gasteiger partial charge is 0.149 e. The number of hydrogen-bond acceptors (Lipinski definition) is 7. The van der Waals surface area contributed by atoms with E-state index in [1.54, 1.807) is 23.5 Å². The summed E-state index contributed by atoms with van der Waals surface area (Å²) in [5.41, 5.74) is 8.14. The SMILES string of the molecule is CC#CCOc1ccc2cc(C3(c4ccc(Oc5ccc(C6(c7ccc8cc(OCC#CC)ccc8c7)c7ccccc7Sc7cnccc76)cc5)cc4)c4ccccc4Sc4cnccc43)ccc2c1. The second-order valence-corrected chi connectivity index (χ2v) is 19.6. The average Bonchev–Trinajstić information content (AvgIpc) is 3.42. The van der Waals surface area contributed by atoms with Crippen LogP contribution in [0.25, 0.3) is 21.5 Å². The molecule has 5 nitrogen and oxygen atoms in total. The van der Waals surface area contributed by atoms with Gasteiger partial charge in [0.05, 0.1) is 10.8 Å². The Bertz CT molecular complexity index is 3470. The van der Waals surface area contributed by atoms with Crippen molar-refractivity contribution >= 4 is 45.1 Å². The van der Waals surface area contributed by atoms with Crippen molar-refractivity contribution in [3.63, 3.8) is 0 Å². The molecule has 0 bridgehead atoms. The summed E-state index contributed by atoms with van der Waals surface area (Å²) in [4.78, 5) is 13.9. The van der Waals surface area contributed by atoms with Crippen LogP contribution >= 0.6 is 23.5 Å². The number of nitrogens with zero attached hydrogens (tertiary/aromatic N) is 2. The van der Waals surface area contributed by atoms with Crippen LogP contribution in [0.2, 0.25) is 0 Å². The summed E-state index contributed by atoms with van der Waals surface area (Å²) in [6.45, 7) is 4.36. The zero-order valence-electron chi connectivity index (χ0n) is 39.0. The van der Waals surface area contributed by atoms with Gasteiger partial charge in [-0.25, -0.2) is 0 Å². The van der Waals surface area contributed by atoms with E-state index in [-0.39, 0.29) is 0 Å². The average molecular weight is 953 g/mol. The first-order valence-electron chi connectivity index (χ1n) is 23.5. The molecule has 0 saturated heterocycles. The first-order chi connectivity index (χ1) is 35.1. The van der Waals surface area contributed by atoms with Gasteiger partial charge in [0, 0.05) is 44.4 Å². The lowest BCUT2D eigenvalue weighted by molar-refractivity contribution is 0.370. The van der Waals surface area contributed by atoms with E-state index in [0.717, 1.165) is 76.6 Å². The van der Waals surface area contributed by atoms with Crippen molar-refractivity contribution in [3.05, 3.63) is 251 Å². The van der Waals surface area contributed by atoms with Crippen molar-refractivity contribution < 1.29 is 14.2 Å². The molecule has 0 N–H and O–H groups in total. The number of pyridine rings is 2. The number of hydrogen-bond donors (Lipinski definition) is 0. The number of benzene rings is 8. The summed E-state index contributed by atoms with van der Waals surface area (Å²) in [6.07, 6.45) is 7.81. The minimum atomic E-state index is -0.641. The highest BCUT2D eigenvalue weighted by atomic mass is 32.2. The van der Waals surface area contributed by atoms with Crippen LogP contribution in [-0.4, -0.2) is 23.2 Å². The quantitative estimate of drug-likeness (QED) is 0.127. The third-order valence-electron chi connectivity index (χ3n) is 13.7. The predicted octanol–water partition coefficient (Wildman–Crippen LogP) is 15.1. The van der Waals surface area contributed by atoms with Gasteiger partial charge in [-0.15, -0.1) is 11.8 Å². The van der Waals surface area contributed by atoms with Crippen molar-refractivity contribution in [3.8, 4) is 46.7 Å². The van der Waals surface area contributed by atoms with Gasteiger partial charge in [-0.1, -0.05) is 132 Å². The number of fused-ring (bicyclic) bond motifs is 6. The van der Waals surface area contributed by atoms with Crippen molar-refractivity contribution in [1.29, 1.82) is 0 Å². The van der Waals surface area contributed by atoms with Crippen LogP contribution in [0.15, 0.2) is 226 Å². The van der Waals surface area contributed by atoms with Gasteiger partial charge in [0.2, 0.25) is 0 Å². The molecule has 2 aliphatic rings. The highest BCUT2D eigenvalue weighted by Gasteiger charge is 2.46. The zero-order valence-corrected chi connectivity index (χ0v) is 40.6. The van der Waals surface area contributed by atoms with Crippen LogP contribution < -0.4 is 14.2 Å². The van der Waals surface area contributed by atoms with Gasteiger partial charge in [-0.2, -0.15) is 0 Å². The summed E-state index contributed by atoms with van der Waals surface area (Å²) < 4.78 is 18.6. The summed E-state index contributed by atoms with van der Waals surface area (Å²) in [5, 5.41) is 4.45. The fourth-order valence-corrected chi connectivity index (χ4v) is 12.9. The van der Waals surface area contributed by atoms with E-state index in [1.165, 1.54) is 32.0 Å². The maximum absolute atomic E-state index is 6.76. The maximum Gasteiger partial charge on any atom is 0.149 e. The molecule has 2 aliphatic heterocycles. The lowest BCUT2D eigenvalue weighted by Crippen LogP contribution is -2.34. The molecule has 0 amide bonds. The van der Waals surface area contributed by atoms with E-state index >= 15 is 0 Å². The lowest BCUT2D eigenvalue weighted by atomic mass is 9.64. The molecule has 2 atom stereocenters. The summed E-state index contributed by atoms with van der Waals surface area (Å²) in [6, 6.07) is 65.3. The maximum atomic E-state index is 6.76. The molecule has 4 heterocycles. The van der Waals surface area contributed by atoms with E-state index in [9.17, 15) is 0 Å². The Hall–Kier alpha value is -8.20. The molecule has 0 spiro atoms. The van der Waals surface area contributed by atoms with Crippen LogP contribution in [0, 0.1) is 23.7 Å². The van der Waals surface area contributed by atoms with E-state index in [0.29, 0.717) is 13.2 Å². The predicted molar refractivity (Wildman–Crippen MR) is 286 cm³/mol. The fraction of sp³-hybridized carbons (Fsp3) is 0.0938. The van der Waals surface area contributed by atoms with Crippen LogP contribution in [-0.2, 0) is 10.8 Å². The second kappa shape index (κ2) is 18.6. The third kappa shape index (κ3) is 7.67. The number of rotatable bonds is 10. The molecule has 340 valence electrons. The van der Waals surface area contributed by atoms with Gasteiger partial charge in [-0.05, 0) is 165 Å². The largest absolute Gasteiger partial charge is 0.481 e. The Kier molecular flexibility index (Phi) is 11.5. The molecule has 8 aromatic carbocycles. The second-order valence-electron chi connectivity index (χ2n) is 17.5. The highest BCUT2D eigenvalue weighted by Crippen LogP contribution is 2.58. The molecule has 0 fully saturated rings. The Morgan fingerprint density at radius 1 is 0.394 bits per heavy atom. The number of aromatic nitrogens is 2. The van der Waals surface area contributed by atoms with Gasteiger partial charge in [0.25, 0.3) is 0 Å². The van der Waals surface area contributed by atoms with Crippen molar-refractivity contribution in [2.75, 3.05) is 13.2 Å². The standard InChI is InChI=1S/C64H44N2O3S2/c1-3-5-35-67-53-25-17-43-37-49(19-15-45(43)39-53)63(55-11-7-9-13-59(55)70-61-41-65-33-31-57(61)63)47-21-27-51(28-22-47)69-52-29-23-48(24-30-52)64(56-12-8-10-14-60(56)71-62-42-66-34-32-58(62)64)50-20-16-46-40-54(68-36-6-4-2)26-18-44(46)38-50/h7-34,37-42H,35-36H2,1-2H3. The molecule has 71 heavy (non-hydrogen) atoms. The van der Waals surface area contributed by atoms with Gasteiger partial charge in [0.15, 0.2) is 0 Å². The first-order valence-corrected chi connectivity index (χ1v) is 25.2. The van der Waals surface area contributed by atoms with Gasteiger partial charge in [0.1, 0.15) is 36.2 Å². The molecule has 0 radical (unpaired) electrons. The summed E-state index contributed by atoms with van der Waals surface area (Å²) >= 11 is 3.54. The molecular formula is C64H44N2O3S2. The van der Waals surface area contributed by atoms with E-state index in [4.69, 9.17) is 14.2 Å². The zero-order chi connectivity index (χ0) is 47.8. The van der Waals surface area contributed by atoms with Crippen molar-refractivity contribution in [2.45, 2.75) is 44.3 Å². The van der Waals surface area contributed by atoms with Crippen LogP contribution in [0.1, 0.15) is 58.4 Å². The third-order valence-corrected chi connectivity index (χ3v) is 15.9. The highest BCUT2D eigenvalue weighted by molar-refractivity contribution is 7.99. The molecule has 2 aromatic heterocycles.